The summed E-state index contributed by atoms with van der Waals surface area (Å²) < 4.78 is 5.09. The second kappa shape index (κ2) is 6.23. The van der Waals surface area contributed by atoms with Gasteiger partial charge in [-0.2, -0.15) is 0 Å². The van der Waals surface area contributed by atoms with E-state index in [2.05, 4.69) is 15.6 Å². The highest BCUT2D eigenvalue weighted by molar-refractivity contribution is 7.13. The SMILES string of the molecule is COc1ccc(C(=O)O)cc1NC(=O)Nc1nc(C)cs1. The molecule has 2 rings (SSSR count). The van der Waals surface area contributed by atoms with Crippen molar-refractivity contribution in [2.75, 3.05) is 17.7 Å². The number of carboxylic acids is 1. The van der Waals surface area contributed by atoms with Gasteiger partial charge in [0.25, 0.3) is 0 Å². The molecule has 21 heavy (non-hydrogen) atoms. The number of methoxy groups -OCH3 is 1. The molecule has 3 N–H and O–H groups in total. The van der Waals surface area contributed by atoms with Gasteiger partial charge in [-0.1, -0.05) is 0 Å². The second-order valence-electron chi connectivity index (χ2n) is 4.09. The van der Waals surface area contributed by atoms with Crippen LogP contribution in [0.3, 0.4) is 0 Å². The minimum absolute atomic E-state index is 0.0520. The van der Waals surface area contributed by atoms with E-state index in [1.54, 1.807) is 5.38 Å². The third kappa shape index (κ3) is 3.69. The quantitative estimate of drug-likeness (QED) is 0.806. The van der Waals surface area contributed by atoms with Crippen LogP contribution in [0.15, 0.2) is 23.6 Å². The van der Waals surface area contributed by atoms with Crippen molar-refractivity contribution in [3.63, 3.8) is 0 Å². The van der Waals surface area contributed by atoms with Gasteiger partial charge in [-0.05, 0) is 25.1 Å². The molecular weight excluding hydrogens is 294 g/mol. The van der Waals surface area contributed by atoms with Crippen LogP contribution in [0.4, 0.5) is 15.6 Å². The summed E-state index contributed by atoms with van der Waals surface area (Å²) in [7, 11) is 1.43. The lowest BCUT2D eigenvalue weighted by atomic mass is 10.2. The topological polar surface area (TPSA) is 101 Å². The van der Waals surface area contributed by atoms with Crippen LogP contribution in [-0.4, -0.2) is 29.2 Å². The average Bonchev–Trinajstić information content (AvgIpc) is 2.83. The van der Waals surface area contributed by atoms with Gasteiger partial charge in [0.05, 0.1) is 24.1 Å². The molecule has 0 saturated heterocycles. The highest BCUT2D eigenvalue weighted by Gasteiger charge is 2.12. The molecule has 8 heteroatoms. The number of carbonyl (C=O) groups is 2. The van der Waals surface area contributed by atoms with Crippen molar-refractivity contribution in [1.29, 1.82) is 0 Å². The van der Waals surface area contributed by atoms with Gasteiger partial charge in [0.15, 0.2) is 5.13 Å². The Kier molecular flexibility index (Phi) is 4.39. The van der Waals surface area contributed by atoms with Crippen molar-refractivity contribution >= 4 is 34.2 Å². The number of ether oxygens (including phenoxy) is 1. The predicted octanol–water partition coefficient (Wildman–Crippen LogP) is 2.80. The third-order valence-corrected chi connectivity index (χ3v) is 3.41. The van der Waals surface area contributed by atoms with Gasteiger partial charge in [0.1, 0.15) is 5.75 Å². The summed E-state index contributed by atoms with van der Waals surface area (Å²) in [6, 6.07) is 3.68. The van der Waals surface area contributed by atoms with Crippen molar-refractivity contribution < 1.29 is 19.4 Å². The highest BCUT2D eigenvalue weighted by atomic mass is 32.1. The smallest absolute Gasteiger partial charge is 0.335 e. The summed E-state index contributed by atoms with van der Waals surface area (Å²) >= 11 is 1.30. The molecule has 0 spiro atoms. The average molecular weight is 307 g/mol. The van der Waals surface area contributed by atoms with E-state index >= 15 is 0 Å². The van der Waals surface area contributed by atoms with Gasteiger partial charge < -0.3 is 15.2 Å². The first-order valence-electron chi connectivity index (χ1n) is 5.91. The Balaban J connectivity index is 2.15. The van der Waals surface area contributed by atoms with Gasteiger partial charge in [0, 0.05) is 5.38 Å². The van der Waals surface area contributed by atoms with E-state index in [9.17, 15) is 9.59 Å². The van der Waals surface area contributed by atoms with E-state index in [1.165, 1.54) is 36.6 Å². The zero-order valence-corrected chi connectivity index (χ0v) is 12.2. The second-order valence-corrected chi connectivity index (χ2v) is 4.95. The normalized spacial score (nSPS) is 10.0. The molecule has 0 radical (unpaired) electrons. The van der Waals surface area contributed by atoms with Gasteiger partial charge in [-0.3, -0.25) is 5.32 Å². The Morgan fingerprint density at radius 2 is 2.10 bits per heavy atom. The fraction of sp³-hybridized carbons (Fsp3) is 0.154. The molecule has 1 aromatic heterocycles. The molecule has 7 nitrogen and oxygen atoms in total. The van der Waals surface area contributed by atoms with Gasteiger partial charge >= 0.3 is 12.0 Å². The van der Waals surface area contributed by atoms with Crippen molar-refractivity contribution in [2.24, 2.45) is 0 Å². The van der Waals surface area contributed by atoms with Crippen LogP contribution < -0.4 is 15.4 Å². The molecule has 0 fully saturated rings. The minimum atomic E-state index is -1.09. The molecule has 1 aromatic carbocycles. The Labute approximate surface area is 124 Å². The molecule has 0 bridgehead atoms. The van der Waals surface area contributed by atoms with Crippen molar-refractivity contribution in [2.45, 2.75) is 6.92 Å². The van der Waals surface area contributed by atoms with Crippen LogP contribution in [-0.2, 0) is 0 Å². The summed E-state index contributed by atoms with van der Waals surface area (Å²) in [5.41, 5.74) is 1.13. The van der Waals surface area contributed by atoms with Crippen LogP contribution in [0.5, 0.6) is 5.75 Å². The van der Waals surface area contributed by atoms with E-state index in [0.29, 0.717) is 10.9 Å². The number of rotatable bonds is 4. The van der Waals surface area contributed by atoms with Crippen LogP contribution in [0.1, 0.15) is 16.1 Å². The first-order chi connectivity index (χ1) is 9.99. The van der Waals surface area contributed by atoms with Gasteiger partial charge in [-0.25, -0.2) is 14.6 Å². The number of anilines is 2. The number of hydrogen-bond donors (Lipinski definition) is 3. The van der Waals surface area contributed by atoms with Crippen LogP contribution >= 0.6 is 11.3 Å². The van der Waals surface area contributed by atoms with E-state index in [-0.39, 0.29) is 11.3 Å². The fourth-order valence-corrected chi connectivity index (χ4v) is 2.28. The van der Waals surface area contributed by atoms with E-state index in [0.717, 1.165) is 5.69 Å². The molecule has 0 aliphatic heterocycles. The summed E-state index contributed by atoms with van der Waals surface area (Å²) in [5, 5.41) is 16.3. The lowest BCUT2D eigenvalue weighted by molar-refractivity contribution is 0.0697. The van der Waals surface area contributed by atoms with Crippen LogP contribution in [0.2, 0.25) is 0 Å². The Hall–Kier alpha value is -2.61. The first kappa shape index (κ1) is 14.8. The summed E-state index contributed by atoms with van der Waals surface area (Å²) in [6.07, 6.45) is 0. The van der Waals surface area contributed by atoms with Crippen LogP contribution in [0.25, 0.3) is 0 Å². The number of carboxylic acid groups (broad SMARTS) is 1. The van der Waals surface area contributed by atoms with E-state index < -0.39 is 12.0 Å². The lowest BCUT2D eigenvalue weighted by Gasteiger charge is -2.11. The summed E-state index contributed by atoms with van der Waals surface area (Å²) in [4.78, 5) is 26.9. The molecular formula is C13H13N3O4S. The van der Waals surface area contributed by atoms with Crippen molar-refractivity contribution in [3.8, 4) is 5.75 Å². The number of thiazole rings is 1. The van der Waals surface area contributed by atoms with E-state index in [1.807, 2.05) is 6.92 Å². The molecule has 0 atom stereocenters. The molecule has 2 amide bonds. The monoisotopic (exact) mass is 307 g/mol. The predicted molar refractivity (Wildman–Crippen MR) is 79.4 cm³/mol. The van der Waals surface area contributed by atoms with Gasteiger partial charge in [-0.15, -0.1) is 11.3 Å². The lowest BCUT2D eigenvalue weighted by Crippen LogP contribution is -2.20. The standard InChI is InChI=1S/C13H13N3O4S/c1-7-6-21-13(14-7)16-12(19)15-9-5-8(11(17)18)3-4-10(9)20-2/h3-6H,1-2H3,(H,17,18)(H2,14,15,16,19). The van der Waals surface area contributed by atoms with Crippen LogP contribution in [0, 0.1) is 6.92 Å². The Bertz CT molecular complexity index is 684. The molecule has 0 aliphatic rings. The summed E-state index contributed by atoms with van der Waals surface area (Å²) in [5.74, 6) is -0.720. The number of aryl methyl sites for hydroxylation is 1. The number of hydrogen-bond acceptors (Lipinski definition) is 5. The first-order valence-corrected chi connectivity index (χ1v) is 6.79. The third-order valence-electron chi connectivity index (χ3n) is 2.53. The minimum Gasteiger partial charge on any atom is -0.495 e. The Morgan fingerprint density at radius 1 is 1.33 bits per heavy atom. The zero-order chi connectivity index (χ0) is 15.4. The number of aromatic carboxylic acids is 1. The number of nitrogens with one attached hydrogen (secondary N) is 2. The maximum Gasteiger partial charge on any atom is 0.335 e. The number of nitrogens with zero attached hydrogens (tertiary/aromatic N) is 1. The highest BCUT2D eigenvalue weighted by Crippen LogP contribution is 2.26. The number of urea groups is 1. The number of amides is 2. The molecule has 0 unspecified atom stereocenters. The molecule has 1 heterocycles. The van der Waals surface area contributed by atoms with Gasteiger partial charge in [0.2, 0.25) is 0 Å². The maximum atomic E-state index is 11.9. The molecule has 0 saturated carbocycles. The molecule has 2 aromatic rings. The number of benzene rings is 1. The van der Waals surface area contributed by atoms with Crippen molar-refractivity contribution in [3.05, 3.63) is 34.8 Å². The fourth-order valence-electron chi connectivity index (χ4n) is 1.60. The van der Waals surface area contributed by atoms with E-state index in [4.69, 9.17) is 9.84 Å². The zero-order valence-electron chi connectivity index (χ0n) is 11.3. The molecule has 0 aliphatic carbocycles. The van der Waals surface area contributed by atoms with Crippen molar-refractivity contribution in [1.82, 2.24) is 4.98 Å². The summed E-state index contributed by atoms with van der Waals surface area (Å²) in [6.45, 7) is 1.82. The largest absolute Gasteiger partial charge is 0.495 e. The Morgan fingerprint density at radius 3 is 2.67 bits per heavy atom. The number of aromatic nitrogens is 1. The maximum absolute atomic E-state index is 11.9. The number of carbonyl (C=O) groups excluding carboxylic acids is 1. The molecule has 110 valence electrons.